The first-order chi connectivity index (χ1) is 15.1. The van der Waals surface area contributed by atoms with Gasteiger partial charge in [0.1, 0.15) is 0 Å². The van der Waals surface area contributed by atoms with Gasteiger partial charge in [0.2, 0.25) is 0 Å². The number of rotatable bonds is 6. The molecule has 0 radical (unpaired) electrons. The highest BCUT2D eigenvalue weighted by Gasteiger charge is 2.33. The Morgan fingerprint density at radius 2 is 1.88 bits per heavy atom. The number of benzene rings is 2. The fourth-order valence-corrected chi connectivity index (χ4v) is 5.43. The summed E-state index contributed by atoms with van der Waals surface area (Å²) in [7, 11) is -2.14. The van der Waals surface area contributed by atoms with Gasteiger partial charge in [0.25, 0.3) is 0 Å². The number of carbonyl (C=O) groups excluding carboxylic acids is 2. The number of sulfone groups is 1. The standard InChI is InChI=1S/C24H24ClNO5S/c1-14(27)20-11-18(32(3,29)30)12-21-19-9-6-16(10-22(28)31-2)23(19)26(24(20)21)13-15-4-7-17(25)8-5-15/h4-5,7-8,11-12,16H,6,9-10,13H2,1-3H3. The highest BCUT2D eigenvalue weighted by atomic mass is 35.5. The molecule has 0 saturated carbocycles. The Kier molecular flexibility index (Phi) is 5.90. The number of aryl methyl sites for hydroxylation is 1. The van der Waals surface area contributed by atoms with Crippen LogP contribution in [0.3, 0.4) is 0 Å². The van der Waals surface area contributed by atoms with Gasteiger partial charge in [-0.3, -0.25) is 9.59 Å². The molecule has 0 spiro atoms. The maximum Gasteiger partial charge on any atom is 0.306 e. The van der Waals surface area contributed by atoms with Gasteiger partial charge in [0.15, 0.2) is 15.6 Å². The van der Waals surface area contributed by atoms with E-state index in [0.717, 1.165) is 34.9 Å². The molecule has 168 valence electrons. The third-order valence-corrected chi connectivity index (χ3v) is 7.45. The van der Waals surface area contributed by atoms with E-state index in [1.54, 1.807) is 6.07 Å². The van der Waals surface area contributed by atoms with Crippen molar-refractivity contribution < 1.29 is 22.7 Å². The number of Topliss-reactive ketones (excluding diaryl/α,β-unsaturated/α-hetero) is 1. The van der Waals surface area contributed by atoms with Gasteiger partial charge in [-0.1, -0.05) is 23.7 Å². The second-order valence-corrected chi connectivity index (χ2v) is 10.7. The number of esters is 1. The summed E-state index contributed by atoms with van der Waals surface area (Å²) in [6.07, 6.45) is 2.83. The average Bonchev–Trinajstić information content (AvgIpc) is 3.27. The Hall–Kier alpha value is -2.64. The molecule has 0 bridgehead atoms. The largest absolute Gasteiger partial charge is 0.469 e. The first-order valence-electron chi connectivity index (χ1n) is 10.3. The minimum Gasteiger partial charge on any atom is -0.469 e. The molecule has 6 nitrogen and oxygen atoms in total. The third kappa shape index (κ3) is 4.07. The molecule has 1 atom stereocenters. The van der Waals surface area contributed by atoms with E-state index in [9.17, 15) is 18.0 Å². The van der Waals surface area contributed by atoms with E-state index < -0.39 is 9.84 Å². The zero-order valence-electron chi connectivity index (χ0n) is 18.1. The van der Waals surface area contributed by atoms with Gasteiger partial charge in [0.05, 0.1) is 23.9 Å². The van der Waals surface area contributed by atoms with Crippen molar-refractivity contribution in [2.75, 3.05) is 13.4 Å². The summed E-state index contributed by atoms with van der Waals surface area (Å²) in [6, 6.07) is 10.6. The minimum atomic E-state index is -3.51. The molecule has 1 aliphatic rings. The number of halogens is 1. The lowest BCUT2D eigenvalue weighted by Crippen LogP contribution is -2.13. The Morgan fingerprint density at radius 3 is 2.47 bits per heavy atom. The van der Waals surface area contributed by atoms with Crippen molar-refractivity contribution >= 4 is 44.1 Å². The fourth-order valence-electron chi connectivity index (χ4n) is 4.64. The highest BCUT2D eigenvalue weighted by molar-refractivity contribution is 7.90. The number of methoxy groups -OCH3 is 1. The van der Waals surface area contributed by atoms with Crippen LogP contribution in [0.15, 0.2) is 41.3 Å². The number of ketones is 1. The molecule has 1 unspecified atom stereocenters. The topological polar surface area (TPSA) is 82.4 Å². The average molecular weight is 474 g/mol. The van der Waals surface area contributed by atoms with Crippen LogP contribution in [0.5, 0.6) is 0 Å². The van der Waals surface area contributed by atoms with Crippen molar-refractivity contribution in [1.29, 1.82) is 0 Å². The first-order valence-corrected chi connectivity index (χ1v) is 12.6. The second kappa shape index (κ2) is 8.37. The predicted octanol–water partition coefficient (Wildman–Crippen LogP) is 4.54. The Labute approximate surface area is 192 Å². The summed E-state index contributed by atoms with van der Waals surface area (Å²) in [5.41, 5.74) is 4.02. The minimum absolute atomic E-state index is 0.0707. The van der Waals surface area contributed by atoms with Gasteiger partial charge in [-0.2, -0.15) is 0 Å². The van der Waals surface area contributed by atoms with Crippen molar-refractivity contribution in [3.05, 3.63) is 63.8 Å². The third-order valence-electron chi connectivity index (χ3n) is 6.11. The maximum atomic E-state index is 12.6. The van der Waals surface area contributed by atoms with Crippen molar-refractivity contribution in [2.24, 2.45) is 0 Å². The van der Waals surface area contributed by atoms with Crippen LogP contribution in [0.4, 0.5) is 0 Å². The molecular formula is C24H24ClNO5S. The van der Waals surface area contributed by atoms with Crippen LogP contribution in [0.2, 0.25) is 5.02 Å². The van der Waals surface area contributed by atoms with Crippen molar-refractivity contribution in [3.8, 4) is 0 Å². The maximum absolute atomic E-state index is 12.6. The van der Waals surface area contributed by atoms with E-state index in [4.69, 9.17) is 16.3 Å². The first kappa shape index (κ1) is 22.6. The molecule has 4 rings (SSSR count). The lowest BCUT2D eigenvalue weighted by Gasteiger charge is -2.17. The van der Waals surface area contributed by atoms with Gasteiger partial charge >= 0.3 is 5.97 Å². The van der Waals surface area contributed by atoms with Gasteiger partial charge in [-0.15, -0.1) is 0 Å². The molecule has 32 heavy (non-hydrogen) atoms. The van der Waals surface area contributed by atoms with Crippen LogP contribution in [0.25, 0.3) is 10.9 Å². The summed E-state index contributed by atoms with van der Waals surface area (Å²) in [6.45, 7) is 1.91. The molecule has 0 N–H and O–H groups in total. The van der Waals surface area contributed by atoms with Gasteiger partial charge < -0.3 is 9.30 Å². The van der Waals surface area contributed by atoms with E-state index in [-0.39, 0.29) is 29.0 Å². The Bertz CT molecular complexity index is 1340. The number of aromatic nitrogens is 1. The number of nitrogens with zero attached hydrogens (tertiary/aromatic N) is 1. The molecule has 1 aliphatic carbocycles. The second-order valence-electron chi connectivity index (χ2n) is 8.29. The summed E-state index contributed by atoms with van der Waals surface area (Å²) in [5.74, 6) is -0.577. The number of ether oxygens (including phenoxy) is 1. The molecule has 8 heteroatoms. The van der Waals surface area contributed by atoms with E-state index in [0.29, 0.717) is 29.1 Å². The molecule has 3 aromatic rings. The van der Waals surface area contributed by atoms with Gasteiger partial charge in [0, 0.05) is 40.4 Å². The number of hydrogen-bond acceptors (Lipinski definition) is 5. The fraction of sp³-hybridized carbons (Fsp3) is 0.333. The SMILES string of the molecule is COC(=O)CC1CCc2c1n(Cc1ccc(Cl)cc1)c1c(C(C)=O)cc(S(C)(=O)=O)cc21. The normalized spacial score (nSPS) is 15.7. The molecule has 0 amide bonds. The highest BCUT2D eigenvalue weighted by Crippen LogP contribution is 2.44. The molecule has 2 aromatic carbocycles. The van der Waals surface area contributed by atoms with E-state index in [2.05, 4.69) is 4.57 Å². The van der Waals surface area contributed by atoms with Crippen LogP contribution >= 0.6 is 11.6 Å². The van der Waals surface area contributed by atoms with Crippen LogP contribution in [-0.4, -0.2) is 38.1 Å². The summed E-state index contributed by atoms with van der Waals surface area (Å²) < 4.78 is 31.6. The van der Waals surface area contributed by atoms with Crippen molar-refractivity contribution in [1.82, 2.24) is 4.57 Å². The molecule has 1 heterocycles. The summed E-state index contributed by atoms with van der Waals surface area (Å²) >= 11 is 6.05. The lowest BCUT2D eigenvalue weighted by atomic mass is 10.0. The smallest absolute Gasteiger partial charge is 0.306 e. The number of carbonyl (C=O) groups is 2. The van der Waals surface area contributed by atoms with Crippen molar-refractivity contribution in [3.63, 3.8) is 0 Å². The molecule has 0 aliphatic heterocycles. The summed E-state index contributed by atoms with van der Waals surface area (Å²) in [5, 5.41) is 1.39. The van der Waals surface area contributed by atoms with Gasteiger partial charge in [-0.25, -0.2) is 8.42 Å². The lowest BCUT2D eigenvalue weighted by molar-refractivity contribution is -0.141. The van der Waals surface area contributed by atoms with Crippen molar-refractivity contribution in [2.45, 2.75) is 43.5 Å². The van der Waals surface area contributed by atoms with Crippen LogP contribution in [0.1, 0.15) is 52.9 Å². The molecule has 1 aromatic heterocycles. The number of hydrogen-bond donors (Lipinski definition) is 0. The zero-order chi connectivity index (χ0) is 23.2. The van der Waals surface area contributed by atoms with E-state index in [1.165, 1.54) is 20.1 Å². The van der Waals surface area contributed by atoms with Gasteiger partial charge in [-0.05, 0) is 55.2 Å². The van der Waals surface area contributed by atoms with Crippen LogP contribution in [0, 0.1) is 0 Å². The molecule has 0 saturated heterocycles. The quantitative estimate of drug-likeness (QED) is 0.387. The molecular weight excluding hydrogens is 450 g/mol. The monoisotopic (exact) mass is 473 g/mol. The number of fused-ring (bicyclic) bond motifs is 3. The molecule has 0 fully saturated rings. The Balaban J connectivity index is 2.01. The summed E-state index contributed by atoms with van der Waals surface area (Å²) in [4.78, 5) is 24.8. The predicted molar refractivity (Wildman–Crippen MR) is 123 cm³/mol. The zero-order valence-corrected chi connectivity index (χ0v) is 19.7. The van der Waals surface area contributed by atoms with E-state index in [1.807, 2.05) is 24.3 Å². The van der Waals surface area contributed by atoms with E-state index >= 15 is 0 Å². The van der Waals surface area contributed by atoms with Crippen LogP contribution in [-0.2, 0) is 32.3 Å². The Morgan fingerprint density at radius 1 is 1.19 bits per heavy atom. The van der Waals surface area contributed by atoms with Crippen LogP contribution < -0.4 is 0 Å².